The Morgan fingerprint density at radius 2 is 2.29 bits per heavy atom. The lowest BCUT2D eigenvalue weighted by atomic mass is 10.1. The van der Waals surface area contributed by atoms with Crippen molar-refractivity contribution < 1.29 is 4.39 Å². The largest absolute Gasteiger partial charge is 0.335 e. The van der Waals surface area contributed by atoms with E-state index in [1.807, 2.05) is 0 Å². The van der Waals surface area contributed by atoms with E-state index in [1.165, 1.54) is 6.07 Å². The topological polar surface area (TPSA) is 24.4 Å². The van der Waals surface area contributed by atoms with Crippen molar-refractivity contribution in [2.45, 2.75) is 19.9 Å². The van der Waals surface area contributed by atoms with Crippen molar-refractivity contribution >= 4 is 34.2 Å². The van der Waals surface area contributed by atoms with Gasteiger partial charge in [0.1, 0.15) is 5.82 Å². The Balaban J connectivity index is 2.06. The SMILES string of the molecule is CC(C)[C@H]1CSC(Nc2ccc(Cl)c(F)c2)=N1. The number of benzene rings is 1. The monoisotopic (exact) mass is 272 g/mol. The van der Waals surface area contributed by atoms with E-state index in [9.17, 15) is 4.39 Å². The molecule has 0 saturated carbocycles. The van der Waals surface area contributed by atoms with E-state index in [0.717, 1.165) is 10.9 Å². The third-order valence-electron chi connectivity index (χ3n) is 2.61. The first-order chi connectivity index (χ1) is 8.06. The number of anilines is 1. The van der Waals surface area contributed by atoms with Crippen LogP contribution in [0.4, 0.5) is 10.1 Å². The zero-order valence-corrected chi connectivity index (χ0v) is 11.3. The molecule has 0 saturated heterocycles. The van der Waals surface area contributed by atoms with Crippen LogP contribution in [0.3, 0.4) is 0 Å². The van der Waals surface area contributed by atoms with E-state index in [-0.39, 0.29) is 5.02 Å². The van der Waals surface area contributed by atoms with Gasteiger partial charge in [-0.1, -0.05) is 37.2 Å². The zero-order valence-electron chi connectivity index (χ0n) is 9.71. The molecule has 1 aliphatic rings. The molecule has 92 valence electrons. The maximum atomic E-state index is 13.2. The van der Waals surface area contributed by atoms with E-state index in [4.69, 9.17) is 11.6 Å². The van der Waals surface area contributed by atoms with Crippen molar-refractivity contribution in [3.63, 3.8) is 0 Å². The summed E-state index contributed by atoms with van der Waals surface area (Å²) in [6, 6.07) is 5.02. The maximum absolute atomic E-state index is 13.2. The predicted molar refractivity (Wildman–Crippen MR) is 73.6 cm³/mol. The fourth-order valence-corrected chi connectivity index (χ4v) is 2.80. The molecule has 0 radical (unpaired) electrons. The fourth-order valence-electron chi connectivity index (χ4n) is 1.50. The van der Waals surface area contributed by atoms with E-state index in [1.54, 1.807) is 23.9 Å². The van der Waals surface area contributed by atoms with E-state index in [2.05, 4.69) is 24.2 Å². The molecule has 1 aliphatic heterocycles. The van der Waals surface area contributed by atoms with Crippen molar-refractivity contribution in [1.29, 1.82) is 0 Å². The smallest absolute Gasteiger partial charge is 0.161 e. The Kier molecular flexibility index (Phi) is 3.94. The van der Waals surface area contributed by atoms with Gasteiger partial charge in [0.05, 0.1) is 11.1 Å². The van der Waals surface area contributed by atoms with Crippen LogP contribution in [-0.2, 0) is 0 Å². The molecule has 0 fully saturated rings. The van der Waals surface area contributed by atoms with Crippen LogP contribution in [0.5, 0.6) is 0 Å². The third-order valence-corrected chi connectivity index (χ3v) is 3.91. The normalized spacial score (nSPS) is 19.6. The fraction of sp³-hybridized carbons (Fsp3) is 0.417. The molecule has 1 aromatic rings. The van der Waals surface area contributed by atoms with Gasteiger partial charge in [-0.3, -0.25) is 4.99 Å². The van der Waals surface area contributed by atoms with Gasteiger partial charge >= 0.3 is 0 Å². The number of hydrogen-bond donors (Lipinski definition) is 1. The number of rotatable bonds is 2. The second-order valence-electron chi connectivity index (χ2n) is 4.31. The zero-order chi connectivity index (χ0) is 12.4. The highest BCUT2D eigenvalue weighted by molar-refractivity contribution is 8.14. The minimum Gasteiger partial charge on any atom is -0.335 e. The highest BCUT2D eigenvalue weighted by Gasteiger charge is 2.21. The summed E-state index contributed by atoms with van der Waals surface area (Å²) in [6.45, 7) is 4.30. The molecule has 0 amide bonds. The summed E-state index contributed by atoms with van der Waals surface area (Å²) < 4.78 is 13.2. The van der Waals surface area contributed by atoms with Crippen LogP contribution in [0.1, 0.15) is 13.8 Å². The number of nitrogens with zero attached hydrogens (tertiary/aromatic N) is 1. The molecule has 1 N–H and O–H groups in total. The van der Waals surface area contributed by atoms with Gasteiger partial charge in [-0.05, 0) is 24.1 Å². The van der Waals surface area contributed by atoms with Gasteiger partial charge in [-0.2, -0.15) is 0 Å². The van der Waals surface area contributed by atoms with Crippen LogP contribution < -0.4 is 5.32 Å². The van der Waals surface area contributed by atoms with Crippen LogP contribution in [0.25, 0.3) is 0 Å². The third kappa shape index (κ3) is 3.13. The molecule has 0 bridgehead atoms. The average molecular weight is 273 g/mol. The summed E-state index contributed by atoms with van der Waals surface area (Å²) in [5.41, 5.74) is 0.683. The number of aliphatic imine (C=N–C) groups is 1. The van der Waals surface area contributed by atoms with Gasteiger partial charge in [-0.15, -0.1) is 0 Å². The molecule has 0 aromatic heterocycles. The molecule has 1 aromatic carbocycles. The molecule has 1 atom stereocenters. The summed E-state index contributed by atoms with van der Waals surface area (Å²) in [5.74, 6) is 1.10. The summed E-state index contributed by atoms with van der Waals surface area (Å²) in [6.07, 6.45) is 0. The van der Waals surface area contributed by atoms with Gasteiger partial charge in [0.25, 0.3) is 0 Å². The lowest BCUT2D eigenvalue weighted by Gasteiger charge is -2.08. The van der Waals surface area contributed by atoms with Crippen molar-refractivity contribution in [1.82, 2.24) is 0 Å². The minimum atomic E-state index is -0.416. The average Bonchev–Trinajstić information content (AvgIpc) is 2.72. The Bertz CT molecular complexity index is 448. The quantitative estimate of drug-likeness (QED) is 0.879. The van der Waals surface area contributed by atoms with Crippen molar-refractivity contribution in [3.05, 3.63) is 29.0 Å². The standard InChI is InChI=1S/C12H14ClFN2S/c1-7(2)11-6-17-12(16-11)15-8-3-4-9(13)10(14)5-8/h3-5,7,11H,6H2,1-2H3,(H,15,16)/t11-/m1/s1. The number of hydrogen-bond acceptors (Lipinski definition) is 3. The molecule has 2 rings (SSSR count). The van der Waals surface area contributed by atoms with Gasteiger partial charge in [0.2, 0.25) is 0 Å². The maximum Gasteiger partial charge on any atom is 0.161 e. The Morgan fingerprint density at radius 1 is 1.53 bits per heavy atom. The number of nitrogens with one attached hydrogen (secondary N) is 1. The van der Waals surface area contributed by atoms with Gasteiger partial charge < -0.3 is 5.32 Å². The second kappa shape index (κ2) is 5.27. The summed E-state index contributed by atoms with van der Waals surface area (Å²) >= 11 is 7.29. The first kappa shape index (κ1) is 12.7. The van der Waals surface area contributed by atoms with Gasteiger partial charge in [-0.25, -0.2) is 4.39 Å². The van der Waals surface area contributed by atoms with Crippen LogP contribution in [0.15, 0.2) is 23.2 Å². The summed E-state index contributed by atoms with van der Waals surface area (Å²) in [4.78, 5) is 4.55. The molecule has 17 heavy (non-hydrogen) atoms. The van der Waals surface area contributed by atoms with Crippen molar-refractivity contribution in [2.24, 2.45) is 10.9 Å². The molecule has 1 heterocycles. The molecule has 2 nitrogen and oxygen atoms in total. The van der Waals surface area contributed by atoms with Gasteiger partial charge in [0.15, 0.2) is 5.17 Å². The molecule has 0 aliphatic carbocycles. The molecule has 5 heteroatoms. The van der Waals surface area contributed by atoms with Crippen molar-refractivity contribution in [3.8, 4) is 0 Å². The molecule has 0 unspecified atom stereocenters. The predicted octanol–water partition coefficient (Wildman–Crippen LogP) is 4.02. The van der Waals surface area contributed by atoms with Crippen LogP contribution in [-0.4, -0.2) is 17.0 Å². The van der Waals surface area contributed by atoms with Crippen LogP contribution in [0.2, 0.25) is 5.02 Å². The lowest BCUT2D eigenvalue weighted by Crippen LogP contribution is -2.12. The molecular weight excluding hydrogens is 259 g/mol. The lowest BCUT2D eigenvalue weighted by molar-refractivity contribution is 0.543. The summed E-state index contributed by atoms with van der Waals surface area (Å²) in [5, 5.41) is 4.10. The van der Waals surface area contributed by atoms with Gasteiger partial charge in [0, 0.05) is 11.4 Å². The molecular formula is C12H14ClFN2S. The second-order valence-corrected chi connectivity index (χ2v) is 5.73. The molecule has 0 spiro atoms. The Hall–Kier alpha value is -0.740. The number of amidine groups is 1. The van der Waals surface area contributed by atoms with Crippen molar-refractivity contribution in [2.75, 3.05) is 11.1 Å². The van der Waals surface area contributed by atoms with E-state index < -0.39 is 5.82 Å². The van der Waals surface area contributed by atoms with E-state index >= 15 is 0 Å². The summed E-state index contributed by atoms with van der Waals surface area (Å²) in [7, 11) is 0. The highest BCUT2D eigenvalue weighted by Crippen LogP contribution is 2.25. The Morgan fingerprint density at radius 3 is 2.88 bits per heavy atom. The minimum absolute atomic E-state index is 0.136. The van der Waals surface area contributed by atoms with Crippen LogP contribution in [0, 0.1) is 11.7 Å². The van der Waals surface area contributed by atoms with Crippen LogP contribution >= 0.6 is 23.4 Å². The Labute approximate surface area is 110 Å². The number of halogens is 2. The highest BCUT2D eigenvalue weighted by atomic mass is 35.5. The van der Waals surface area contributed by atoms with E-state index in [0.29, 0.717) is 17.6 Å². The first-order valence-corrected chi connectivity index (χ1v) is 6.85. The first-order valence-electron chi connectivity index (χ1n) is 5.49. The number of thioether (sulfide) groups is 1.